The zero-order chi connectivity index (χ0) is 50.0. The fourth-order valence-electron chi connectivity index (χ4n) is 7.16. The number of carbonyl (C=O) groups excluding carboxylic acids is 3. The first-order chi connectivity index (χ1) is 34.0. The Hall–Kier alpha value is -4.45. The molecule has 0 aliphatic heterocycles. The van der Waals surface area contributed by atoms with Gasteiger partial charge in [-0.1, -0.05) is 244 Å². The van der Waals surface area contributed by atoms with Crippen LogP contribution in [0.5, 0.6) is 0 Å². The molecule has 0 saturated carbocycles. The van der Waals surface area contributed by atoms with Gasteiger partial charge < -0.3 is 14.2 Å². The van der Waals surface area contributed by atoms with Gasteiger partial charge in [0, 0.05) is 19.3 Å². The maximum atomic E-state index is 12.9. The van der Waals surface area contributed by atoms with Crippen molar-refractivity contribution < 1.29 is 28.6 Å². The Bertz CT molecular complexity index is 1510. The van der Waals surface area contributed by atoms with Crippen LogP contribution in [0.15, 0.2) is 134 Å². The van der Waals surface area contributed by atoms with E-state index in [1.54, 1.807) is 0 Å². The van der Waals surface area contributed by atoms with Crippen molar-refractivity contribution in [1.29, 1.82) is 0 Å². The molecule has 0 radical (unpaired) electrons. The third-order valence-electron chi connectivity index (χ3n) is 11.3. The molecular formula is C63H100O6. The van der Waals surface area contributed by atoms with Gasteiger partial charge in [-0.3, -0.25) is 14.4 Å². The predicted octanol–water partition coefficient (Wildman–Crippen LogP) is 18.6. The number of esters is 3. The van der Waals surface area contributed by atoms with Crippen LogP contribution in [0.1, 0.15) is 226 Å². The second-order valence-electron chi connectivity index (χ2n) is 17.9. The lowest BCUT2D eigenvalue weighted by molar-refractivity contribution is -0.167. The van der Waals surface area contributed by atoms with Crippen molar-refractivity contribution in [2.24, 2.45) is 0 Å². The number of carbonyl (C=O) groups is 3. The van der Waals surface area contributed by atoms with E-state index in [4.69, 9.17) is 14.2 Å². The lowest BCUT2D eigenvalue weighted by Crippen LogP contribution is -2.30. The van der Waals surface area contributed by atoms with Crippen LogP contribution in [-0.2, 0) is 28.6 Å². The molecule has 1 unspecified atom stereocenters. The van der Waals surface area contributed by atoms with Crippen LogP contribution in [0.3, 0.4) is 0 Å². The summed E-state index contributed by atoms with van der Waals surface area (Å²) >= 11 is 0. The van der Waals surface area contributed by atoms with E-state index in [2.05, 4.69) is 99.8 Å². The first-order valence-corrected chi connectivity index (χ1v) is 27.8. The molecule has 0 aliphatic carbocycles. The van der Waals surface area contributed by atoms with Gasteiger partial charge >= 0.3 is 17.9 Å². The van der Waals surface area contributed by atoms with Crippen LogP contribution in [0.2, 0.25) is 0 Å². The highest BCUT2D eigenvalue weighted by Crippen LogP contribution is 2.14. The molecule has 69 heavy (non-hydrogen) atoms. The van der Waals surface area contributed by atoms with E-state index in [0.717, 1.165) is 89.9 Å². The molecule has 0 aliphatic rings. The van der Waals surface area contributed by atoms with Gasteiger partial charge in [0.15, 0.2) is 6.10 Å². The molecule has 0 aromatic carbocycles. The molecule has 0 heterocycles. The van der Waals surface area contributed by atoms with Gasteiger partial charge in [0.1, 0.15) is 13.2 Å². The number of hydrogen-bond donors (Lipinski definition) is 0. The summed E-state index contributed by atoms with van der Waals surface area (Å²) < 4.78 is 16.8. The first-order valence-electron chi connectivity index (χ1n) is 27.8. The quantitative estimate of drug-likeness (QED) is 0.0199. The van der Waals surface area contributed by atoms with Crippen molar-refractivity contribution in [3.63, 3.8) is 0 Å². The minimum atomic E-state index is -0.820. The van der Waals surface area contributed by atoms with E-state index in [-0.39, 0.29) is 37.5 Å². The lowest BCUT2D eigenvalue weighted by atomic mass is 10.1. The molecule has 0 N–H and O–H groups in total. The van der Waals surface area contributed by atoms with Gasteiger partial charge in [-0.2, -0.15) is 0 Å². The average Bonchev–Trinajstić information content (AvgIpc) is 3.35. The van der Waals surface area contributed by atoms with Crippen LogP contribution in [0.25, 0.3) is 0 Å². The largest absolute Gasteiger partial charge is 0.462 e. The molecule has 0 rings (SSSR count). The maximum absolute atomic E-state index is 12.9. The van der Waals surface area contributed by atoms with Crippen molar-refractivity contribution in [1.82, 2.24) is 0 Å². The molecule has 0 fully saturated rings. The molecule has 1 atom stereocenters. The summed E-state index contributed by atoms with van der Waals surface area (Å²) in [6, 6.07) is 0. The summed E-state index contributed by atoms with van der Waals surface area (Å²) in [6.07, 6.45) is 78.7. The molecule has 6 nitrogen and oxygen atoms in total. The van der Waals surface area contributed by atoms with E-state index in [1.807, 2.05) is 54.7 Å². The molecule has 0 aromatic rings. The first kappa shape index (κ1) is 64.5. The Morgan fingerprint density at radius 3 is 1.13 bits per heavy atom. The van der Waals surface area contributed by atoms with Gasteiger partial charge in [-0.25, -0.2) is 0 Å². The van der Waals surface area contributed by atoms with E-state index in [0.29, 0.717) is 19.3 Å². The smallest absolute Gasteiger partial charge is 0.306 e. The van der Waals surface area contributed by atoms with Crippen LogP contribution >= 0.6 is 0 Å². The van der Waals surface area contributed by atoms with E-state index < -0.39 is 6.10 Å². The Labute approximate surface area is 424 Å². The number of rotatable bonds is 48. The van der Waals surface area contributed by atoms with Crippen molar-refractivity contribution in [2.75, 3.05) is 13.2 Å². The minimum absolute atomic E-state index is 0.114. The van der Waals surface area contributed by atoms with Gasteiger partial charge in [0.05, 0.1) is 0 Å². The molecule has 0 bridgehead atoms. The van der Waals surface area contributed by atoms with Crippen LogP contribution in [0, 0.1) is 0 Å². The Balaban J connectivity index is 4.49. The number of unbranched alkanes of at least 4 members (excludes halogenated alkanes) is 20. The molecule has 0 amide bonds. The summed E-state index contributed by atoms with van der Waals surface area (Å²) in [5.74, 6) is -1.01. The van der Waals surface area contributed by atoms with Crippen LogP contribution in [-0.4, -0.2) is 37.2 Å². The van der Waals surface area contributed by atoms with Crippen molar-refractivity contribution in [3.8, 4) is 0 Å². The lowest BCUT2D eigenvalue weighted by Gasteiger charge is -2.18. The Morgan fingerprint density at radius 2 is 0.652 bits per heavy atom. The molecular weight excluding hydrogens is 853 g/mol. The minimum Gasteiger partial charge on any atom is -0.462 e. The fourth-order valence-corrected chi connectivity index (χ4v) is 7.16. The highest BCUT2D eigenvalue weighted by Gasteiger charge is 2.19. The highest BCUT2D eigenvalue weighted by molar-refractivity contribution is 5.71. The second-order valence-corrected chi connectivity index (χ2v) is 17.9. The highest BCUT2D eigenvalue weighted by atomic mass is 16.6. The SMILES string of the molecule is CC\C=C/C=C\C=C/C=C\C=C/CCCC(=O)OCC(COC(=O)CCCCCCCC/C=C\C/C=C\C/C=C\C/C=C\CC)OC(=O)CCCCCCCCCCCC/C=C\C=C/CCCCC. The summed E-state index contributed by atoms with van der Waals surface area (Å²) in [5, 5.41) is 0. The normalized spacial score (nSPS) is 13.1. The van der Waals surface area contributed by atoms with Crippen molar-refractivity contribution in [2.45, 2.75) is 232 Å². The second kappa shape index (κ2) is 56.1. The van der Waals surface area contributed by atoms with Crippen molar-refractivity contribution >= 4 is 17.9 Å². The zero-order valence-corrected chi connectivity index (χ0v) is 44.3. The summed E-state index contributed by atoms with van der Waals surface area (Å²) in [5.41, 5.74) is 0. The molecule has 0 saturated heterocycles. The van der Waals surface area contributed by atoms with E-state index in [9.17, 15) is 14.4 Å². The van der Waals surface area contributed by atoms with E-state index >= 15 is 0 Å². The zero-order valence-electron chi connectivity index (χ0n) is 44.3. The number of hydrogen-bond acceptors (Lipinski definition) is 6. The van der Waals surface area contributed by atoms with Gasteiger partial charge in [-0.05, 0) is 96.3 Å². The van der Waals surface area contributed by atoms with E-state index in [1.165, 1.54) is 89.9 Å². The standard InChI is InChI=1S/C63H100O6/c1-4-7-10-13-16-19-22-25-27-29-31-33-35-38-41-44-47-50-53-56-62(65)68-59-60(58-67-61(64)55-52-49-46-43-40-37-24-21-18-15-12-9-6-3)69-63(66)57-54-51-48-45-42-39-36-34-32-30-28-26-23-20-17-14-11-8-5-2/h7,9-10,12,15-21,23-27,31,33,37,40,43,46,60H,4-6,8,11,13-14,22,28-30,32,34-36,38-39,41-42,44-45,47-59H2,1-3H3/b10-7-,12-9-,18-15-,19-16-,20-17-,24-21-,26-23-,27-25-,33-31-,40-37-,46-43-. The van der Waals surface area contributed by atoms with Crippen molar-refractivity contribution in [3.05, 3.63) is 134 Å². The van der Waals surface area contributed by atoms with Crippen LogP contribution < -0.4 is 0 Å². The maximum Gasteiger partial charge on any atom is 0.306 e. The van der Waals surface area contributed by atoms with Crippen LogP contribution in [0.4, 0.5) is 0 Å². The third kappa shape index (κ3) is 54.4. The fraction of sp³-hybridized carbons (Fsp3) is 0.603. The van der Waals surface area contributed by atoms with Gasteiger partial charge in [0.25, 0.3) is 0 Å². The summed E-state index contributed by atoms with van der Waals surface area (Å²) in [6.45, 7) is 6.27. The Morgan fingerprint density at radius 1 is 0.319 bits per heavy atom. The predicted molar refractivity (Wildman–Crippen MR) is 297 cm³/mol. The molecule has 6 heteroatoms. The number of allylic oxidation sites excluding steroid dienone is 22. The summed E-state index contributed by atoms with van der Waals surface area (Å²) in [4.78, 5) is 38.1. The third-order valence-corrected chi connectivity index (χ3v) is 11.3. The van der Waals surface area contributed by atoms with Gasteiger partial charge in [-0.15, -0.1) is 0 Å². The Kier molecular flexibility index (Phi) is 52.5. The average molecular weight is 953 g/mol. The summed E-state index contributed by atoms with van der Waals surface area (Å²) in [7, 11) is 0. The topological polar surface area (TPSA) is 78.9 Å². The monoisotopic (exact) mass is 953 g/mol. The molecule has 0 aromatic heterocycles. The molecule has 0 spiro atoms. The molecule has 388 valence electrons. The number of ether oxygens (including phenoxy) is 3. The van der Waals surface area contributed by atoms with Gasteiger partial charge in [0.2, 0.25) is 0 Å².